The van der Waals surface area contributed by atoms with E-state index in [1.165, 1.54) is 44.6 Å². The Bertz CT molecular complexity index is 3510. The molecular weight excluding hydrogens is 1080 g/mol. The molecule has 0 N–H and O–H groups in total. The van der Waals surface area contributed by atoms with Gasteiger partial charge in [-0.25, -0.2) is 4.98 Å². The van der Waals surface area contributed by atoms with Gasteiger partial charge in [0.05, 0.1) is 0 Å². The van der Waals surface area contributed by atoms with Crippen molar-refractivity contribution in [3.8, 4) is 28.4 Å². The Morgan fingerprint density at radius 3 is 1.62 bits per heavy atom. The molecular formula is C68H69N4OPt-3. The SMILES string of the molecule is CC(C)(C)c1cc(-c2ccccc2)cc(N2[CH-]N(c3[c-]c(Oc4[c-]c5c(cc4)c4cc(C(C)(C)C)ccc4n5-c4cc(C(C)(C)C)ccn4)ccc3)C(C(C)(C)c3ccccc3)=C2C(C)(C)c2ccccc2)c1.[Pt]. The van der Waals surface area contributed by atoms with Gasteiger partial charge < -0.3 is 19.1 Å². The Hall–Kier alpha value is -6.68. The summed E-state index contributed by atoms with van der Waals surface area (Å²) in [4.78, 5) is 9.78. The van der Waals surface area contributed by atoms with E-state index in [0.717, 1.165) is 44.7 Å². The molecule has 7 aromatic carbocycles. The summed E-state index contributed by atoms with van der Waals surface area (Å²) in [5, 5.41) is 2.26. The largest absolute Gasteiger partial charge is 0.509 e. The average Bonchev–Trinajstić information content (AvgIpc) is 3.94. The Morgan fingerprint density at radius 1 is 0.446 bits per heavy atom. The van der Waals surface area contributed by atoms with Crippen LogP contribution in [0.25, 0.3) is 38.8 Å². The van der Waals surface area contributed by atoms with Gasteiger partial charge in [-0.2, -0.15) is 12.1 Å². The van der Waals surface area contributed by atoms with Crippen molar-refractivity contribution in [1.82, 2.24) is 9.55 Å². The Kier molecular flexibility index (Phi) is 13.8. The number of anilines is 2. The van der Waals surface area contributed by atoms with Gasteiger partial charge in [0.2, 0.25) is 0 Å². The molecule has 1 aliphatic heterocycles. The fourth-order valence-corrected chi connectivity index (χ4v) is 10.4. The Labute approximate surface area is 455 Å². The number of allylic oxidation sites excluding steroid dienone is 2. The van der Waals surface area contributed by atoms with E-state index in [2.05, 4.69) is 281 Å². The van der Waals surface area contributed by atoms with Crippen molar-refractivity contribution in [1.29, 1.82) is 0 Å². The van der Waals surface area contributed by atoms with Gasteiger partial charge in [-0.05, 0) is 90.9 Å². The summed E-state index contributed by atoms with van der Waals surface area (Å²) in [5.41, 5.74) is 13.7. The second-order valence-corrected chi connectivity index (χ2v) is 24.0. The first-order valence-electron chi connectivity index (χ1n) is 25.8. The van der Waals surface area contributed by atoms with Crippen molar-refractivity contribution in [2.24, 2.45) is 0 Å². The minimum absolute atomic E-state index is 0. The third-order valence-electron chi connectivity index (χ3n) is 14.9. The van der Waals surface area contributed by atoms with Crippen LogP contribution in [0.1, 0.15) is 118 Å². The van der Waals surface area contributed by atoms with Gasteiger partial charge in [0, 0.05) is 72.2 Å². The normalized spacial score (nSPS) is 13.7. The molecule has 10 rings (SSSR count). The van der Waals surface area contributed by atoms with Gasteiger partial charge in [0.15, 0.2) is 0 Å². The van der Waals surface area contributed by atoms with Gasteiger partial charge in [0.1, 0.15) is 5.82 Å². The predicted octanol–water partition coefficient (Wildman–Crippen LogP) is 17.7. The van der Waals surface area contributed by atoms with Crippen LogP contribution in [0.2, 0.25) is 0 Å². The number of hydrogen-bond donors (Lipinski definition) is 0. The van der Waals surface area contributed by atoms with Crippen LogP contribution in [0.3, 0.4) is 0 Å². The first kappa shape index (κ1) is 52.2. The molecule has 0 unspecified atom stereocenters. The molecule has 0 fully saturated rings. The molecule has 6 heteroatoms. The van der Waals surface area contributed by atoms with Crippen molar-refractivity contribution < 1.29 is 25.8 Å². The van der Waals surface area contributed by atoms with Crippen LogP contribution in [0.15, 0.2) is 187 Å². The third kappa shape index (κ3) is 9.89. The summed E-state index contributed by atoms with van der Waals surface area (Å²) in [6, 6.07) is 68.8. The molecule has 74 heavy (non-hydrogen) atoms. The number of pyridine rings is 1. The van der Waals surface area contributed by atoms with Crippen molar-refractivity contribution in [3.05, 3.63) is 234 Å². The van der Waals surface area contributed by atoms with E-state index in [0.29, 0.717) is 11.5 Å². The molecule has 0 amide bonds. The van der Waals surface area contributed by atoms with Gasteiger partial charge in [-0.3, -0.25) is 0 Å². The van der Waals surface area contributed by atoms with E-state index in [1.54, 1.807) is 0 Å². The maximum absolute atomic E-state index is 6.91. The van der Waals surface area contributed by atoms with Crippen LogP contribution >= 0.6 is 0 Å². The van der Waals surface area contributed by atoms with Gasteiger partial charge in [-0.15, -0.1) is 48.1 Å². The van der Waals surface area contributed by atoms with Gasteiger partial charge >= 0.3 is 0 Å². The number of hydrogen-bond acceptors (Lipinski definition) is 4. The maximum Gasteiger partial charge on any atom is 0.135 e. The molecule has 0 aliphatic carbocycles. The average molecular weight is 1150 g/mol. The number of nitrogens with zero attached hydrogens (tertiary/aromatic N) is 4. The Balaban J connectivity index is 0.00000672. The molecule has 0 saturated carbocycles. The van der Waals surface area contributed by atoms with Gasteiger partial charge in [0.25, 0.3) is 0 Å². The smallest absolute Gasteiger partial charge is 0.135 e. The van der Waals surface area contributed by atoms with E-state index < -0.39 is 10.8 Å². The maximum atomic E-state index is 6.91. The molecule has 0 atom stereocenters. The number of rotatable bonds is 10. The molecule has 0 bridgehead atoms. The van der Waals surface area contributed by atoms with E-state index in [9.17, 15) is 0 Å². The zero-order valence-electron chi connectivity index (χ0n) is 45.3. The molecule has 9 aromatic rings. The molecule has 0 spiro atoms. The predicted molar refractivity (Wildman–Crippen MR) is 306 cm³/mol. The second kappa shape index (κ2) is 19.5. The fraction of sp³-hybridized carbons (Fsp3) is 0.265. The zero-order valence-corrected chi connectivity index (χ0v) is 47.6. The van der Waals surface area contributed by atoms with E-state index in [4.69, 9.17) is 9.72 Å². The van der Waals surface area contributed by atoms with Crippen LogP contribution in [0, 0.1) is 18.8 Å². The molecule has 0 radical (unpaired) electrons. The van der Waals surface area contributed by atoms with Crippen molar-refractivity contribution >= 4 is 33.2 Å². The summed E-state index contributed by atoms with van der Waals surface area (Å²) in [6.07, 6.45) is 1.92. The molecule has 0 saturated heterocycles. The van der Waals surface area contributed by atoms with Crippen LogP contribution < -0.4 is 14.5 Å². The monoisotopic (exact) mass is 1150 g/mol. The zero-order chi connectivity index (χ0) is 51.7. The second-order valence-electron chi connectivity index (χ2n) is 24.0. The number of benzene rings is 7. The number of ether oxygens (including phenoxy) is 1. The van der Waals surface area contributed by atoms with Crippen LogP contribution in [0.4, 0.5) is 11.4 Å². The topological polar surface area (TPSA) is 33.5 Å². The van der Waals surface area contributed by atoms with Crippen molar-refractivity contribution in [2.45, 2.75) is 117 Å². The number of fused-ring (bicyclic) bond motifs is 3. The minimum Gasteiger partial charge on any atom is -0.509 e. The number of aromatic nitrogens is 2. The minimum atomic E-state index is -0.486. The van der Waals surface area contributed by atoms with Gasteiger partial charge in [-0.1, -0.05) is 205 Å². The summed E-state index contributed by atoms with van der Waals surface area (Å²) >= 11 is 0. The molecule has 3 heterocycles. The molecule has 2 aromatic heterocycles. The van der Waals surface area contributed by atoms with Crippen LogP contribution in [-0.2, 0) is 48.1 Å². The van der Waals surface area contributed by atoms with Crippen molar-refractivity contribution in [2.75, 3.05) is 9.80 Å². The fourth-order valence-electron chi connectivity index (χ4n) is 10.4. The summed E-state index contributed by atoms with van der Waals surface area (Å²) in [5.74, 6) is 2.04. The third-order valence-corrected chi connectivity index (χ3v) is 14.9. The Morgan fingerprint density at radius 2 is 1.01 bits per heavy atom. The van der Waals surface area contributed by atoms with Crippen LogP contribution in [-0.4, -0.2) is 9.55 Å². The quantitative estimate of drug-likeness (QED) is 0.128. The first-order valence-corrected chi connectivity index (χ1v) is 25.8. The van der Waals surface area contributed by atoms with Crippen LogP contribution in [0.5, 0.6) is 11.5 Å². The van der Waals surface area contributed by atoms with Crippen molar-refractivity contribution in [3.63, 3.8) is 0 Å². The standard InChI is InChI=1S/C68H69N4O.Pt/c1-64(2,3)50-32-35-59-58(41-50)57-34-33-56(44-60(57)72(59)61-42-51(36-37-69-61)65(4,5)6)73-55-31-23-30-53(43-55)70-45-71(54-39-47(46-24-17-14-18-25-46)38-52(40-54)66(7,8)9)63(68(12,13)49-28-21-16-22-29-49)62(70)67(10,11)48-26-19-15-20-27-48;/h14-42,45H,1-13H3;/q-3;. The summed E-state index contributed by atoms with van der Waals surface area (Å²) < 4.78 is 9.15. The van der Waals surface area contributed by atoms with E-state index >= 15 is 0 Å². The van der Waals surface area contributed by atoms with E-state index in [-0.39, 0.29) is 37.3 Å². The summed E-state index contributed by atoms with van der Waals surface area (Å²) in [7, 11) is 0. The van der Waals surface area contributed by atoms with E-state index in [1.807, 2.05) is 18.3 Å². The molecule has 1 aliphatic rings. The molecule has 380 valence electrons. The summed E-state index contributed by atoms with van der Waals surface area (Å²) in [6.45, 7) is 32.1. The first-order chi connectivity index (χ1) is 34.6. The molecule has 5 nitrogen and oxygen atoms in total.